The van der Waals surface area contributed by atoms with E-state index >= 15 is 0 Å². The molecule has 1 aliphatic heterocycles. The molecule has 0 radical (unpaired) electrons. The molecule has 6 rings (SSSR count). The Balaban J connectivity index is 1.43. The lowest BCUT2D eigenvalue weighted by Crippen LogP contribution is -2.42. The van der Waals surface area contributed by atoms with Gasteiger partial charge < -0.3 is 10.6 Å². The molecule has 5 aromatic rings. The van der Waals surface area contributed by atoms with E-state index in [1.54, 1.807) is 29.2 Å². The van der Waals surface area contributed by atoms with Crippen LogP contribution in [0.2, 0.25) is 0 Å². The number of benzodiazepines with no additional fused rings is 1. The number of nitrogens with zero attached hydrogens (tertiary/aromatic N) is 5. The zero-order valence-corrected chi connectivity index (χ0v) is 20.5. The van der Waals surface area contributed by atoms with Gasteiger partial charge in [0.15, 0.2) is 5.65 Å². The van der Waals surface area contributed by atoms with Crippen molar-refractivity contribution in [3.63, 3.8) is 0 Å². The Kier molecular flexibility index (Phi) is 5.93. The number of hydrogen-bond donors (Lipinski definition) is 2. The molecular formula is C29H23N7O2. The quantitative estimate of drug-likeness (QED) is 0.379. The van der Waals surface area contributed by atoms with E-state index in [1.165, 1.54) is 0 Å². The topological polar surface area (TPSA) is 114 Å². The van der Waals surface area contributed by atoms with Gasteiger partial charge in [-0.05, 0) is 30.7 Å². The second-order valence-electron chi connectivity index (χ2n) is 8.76. The predicted molar refractivity (Wildman–Crippen MR) is 144 cm³/mol. The molecule has 3 aromatic heterocycles. The van der Waals surface area contributed by atoms with Crippen LogP contribution < -0.4 is 10.6 Å². The summed E-state index contributed by atoms with van der Waals surface area (Å²) in [5.41, 5.74) is 5.44. The molecular weight excluding hydrogens is 478 g/mol. The first-order valence-electron chi connectivity index (χ1n) is 12.3. The summed E-state index contributed by atoms with van der Waals surface area (Å²) >= 11 is 0. The van der Waals surface area contributed by atoms with Crippen molar-refractivity contribution in [1.82, 2.24) is 24.9 Å². The van der Waals surface area contributed by atoms with Gasteiger partial charge in [-0.2, -0.15) is 5.10 Å². The first-order valence-corrected chi connectivity index (χ1v) is 12.3. The van der Waals surface area contributed by atoms with Crippen LogP contribution >= 0.6 is 0 Å². The Morgan fingerprint density at radius 1 is 0.974 bits per heavy atom. The number of anilines is 1. The summed E-state index contributed by atoms with van der Waals surface area (Å²) in [6.07, 6.45) is 4.62. The lowest BCUT2D eigenvalue weighted by atomic mass is 10.0. The summed E-state index contributed by atoms with van der Waals surface area (Å²) in [6.45, 7) is 2.02. The number of aryl methyl sites for hydroxylation is 1. The van der Waals surface area contributed by atoms with Crippen LogP contribution in [0.25, 0.3) is 16.9 Å². The number of para-hydroxylation sites is 1. The minimum Gasteiger partial charge on any atom is -0.322 e. The number of amides is 2. The molecule has 4 heterocycles. The zero-order chi connectivity index (χ0) is 26.1. The molecule has 2 amide bonds. The normalized spacial score (nSPS) is 14.8. The molecule has 38 heavy (non-hydrogen) atoms. The molecule has 9 nitrogen and oxygen atoms in total. The van der Waals surface area contributed by atoms with Crippen molar-refractivity contribution in [3.8, 4) is 11.3 Å². The number of benzene rings is 2. The number of fused-ring (bicyclic) bond motifs is 2. The highest BCUT2D eigenvalue weighted by atomic mass is 16.2. The number of rotatable bonds is 5. The smallest absolute Gasteiger partial charge is 0.269 e. The van der Waals surface area contributed by atoms with Crippen molar-refractivity contribution in [3.05, 3.63) is 114 Å². The lowest BCUT2D eigenvalue weighted by Gasteiger charge is -2.13. The van der Waals surface area contributed by atoms with Crippen molar-refractivity contribution in [2.24, 2.45) is 4.99 Å². The monoisotopic (exact) mass is 501 g/mol. The van der Waals surface area contributed by atoms with E-state index in [9.17, 15) is 9.59 Å². The van der Waals surface area contributed by atoms with E-state index in [0.29, 0.717) is 28.3 Å². The molecule has 0 bridgehead atoms. The maximum atomic E-state index is 13.8. The molecule has 0 fully saturated rings. The van der Waals surface area contributed by atoms with Crippen LogP contribution in [0.4, 0.5) is 5.69 Å². The SMILES string of the molecule is CCc1ccc(-c2nn3cccnc3c2C(=O)N[C@H]2N=C(c3ccccc3)c3ccccc3NC2=O)cn1. The lowest BCUT2D eigenvalue weighted by molar-refractivity contribution is -0.117. The van der Waals surface area contributed by atoms with E-state index in [-0.39, 0.29) is 5.56 Å². The van der Waals surface area contributed by atoms with Gasteiger partial charge in [-0.25, -0.2) is 14.5 Å². The van der Waals surface area contributed by atoms with Crippen LogP contribution in [0.5, 0.6) is 0 Å². The molecule has 1 atom stereocenters. The Morgan fingerprint density at radius 3 is 2.58 bits per heavy atom. The van der Waals surface area contributed by atoms with Crippen LogP contribution in [0.1, 0.15) is 34.1 Å². The third-order valence-corrected chi connectivity index (χ3v) is 6.34. The van der Waals surface area contributed by atoms with E-state index in [1.807, 2.05) is 73.7 Å². The van der Waals surface area contributed by atoms with Gasteiger partial charge in [0.2, 0.25) is 6.17 Å². The first-order chi connectivity index (χ1) is 18.6. The highest BCUT2D eigenvalue weighted by molar-refractivity contribution is 6.20. The summed E-state index contributed by atoms with van der Waals surface area (Å²) in [6, 6.07) is 22.5. The van der Waals surface area contributed by atoms with Crippen molar-refractivity contribution < 1.29 is 9.59 Å². The second kappa shape index (κ2) is 9.70. The van der Waals surface area contributed by atoms with E-state index < -0.39 is 18.0 Å². The number of pyridine rings is 1. The number of carbonyl (C=O) groups is 2. The van der Waals surface area contributed by atoms with Crippen LogP contribution in [0.3, 0.4) is 0 Å². The number of carbonyl (C=O) groups excluding carboxylic acids is 2. The van der Waals surface area contributed by atoms with Gasteiger partial charge in [-0.3, -0.25) is 14.6 Å². The van der Waals surface area contributed by atoms with Gasteiger partial charge >= 0.3 is 0 Å². The molecule has 0 saturated heterocycles. The Morgan fingerprint density at radius 2 is 1.79 bits per heavy atom. The van der Waals surface area contributed by atoms with Gasteiger partial charge in [-0.1, -0.05) is 55.5 Å². The van der Waals surface area contributed by atoms with Crippen LogP contribution in [0.15, 0.2) is 96.4 Å². The highest BCUT2D eigenvalue weighted by Crippen LogP contribution is 2.27. The fourth-order valence-corrected chi connectivity index (χ4v) is 4.45. The summed E-state index contributed by atoms with van der Waals surface area (Å²) in [4.78, 5) is 40.7. The average Bonchev–Trinajstić information content (AvgIpc) is 3.29. The van der Waals surface area contributed by atoms with Crippen molar-refractivity contribution in [2.75, 3.05) is 5.32 Å². The maximum absolute atomic E-state index is 13.8. The highest BCUT2D eigenvalue weighted by Gasteiger charge is 2.30. The van der Waals surface area contributed by atoms with E-state index in [2.05, 4.69) is 25.7 Å². The number of aliphatic imine (C=N–C) groups is 1. The van der Waals surface area contributed by atoms with Crippen LogP contribution in [-0.2, 0) is 11.2 Å². The first kappa shape index (κ1) is 23.2. The van der Waals surface area contributed by atoms with Gasteiger partial charge in [0.05, 0.1) is 11.4 Å². The molecule has 9 heteroatoms. The van der Waals surface area contributed by atoms with E-state index in [0.717, 1.165) is 23.2 Å². The Hall–Kier alpha value is -5.18. The standard InChI is InChI=1S/C29H23N7O2/c1-2-20-14-13-19(17-31-20)25-23(27-30-15-8-16-36(27)35-25)28(37)34-26-29(38)32-22-12-7-6-11-21(22)24(33-26)18-9-4-3-5-10-18/h3-17,26H,2H2,1H3,(H,32,38)(H,34,37)/t26-/m1/s1. The average molecular weight is 502 g/mol. The molecule has 186 valence electrons. The minimum absolute atomic E-state index is 0.239. The fourth-order valence-electron chi connectivity index (χ4n) is 4.45. The summed E-state index contributed by atoms with van der Waals surface area (Å²) < 4.78 is 1.54. The number of aromatic nitrogens is 4. The molecule has 0 unspecified atom stereocenters. The summed E-state index contributed by atoms with van der Waals surface area (Å²) in [5.74, 6) is -0.966. The van der Waals surface area contributed by atoms with Gasteiger partial charge in [0.1, 0.15) is 11.3 Å². The Bertz CT molecular complexity index is 1690. The van der Waals surface area contributed by atoms with Crippen LogP contribution in [0, 0.1) is 0 Å². The van der Waals surface area contributed by atoms with Gasteiger partial charge in [-0.15, -0.1) is 0 Å². The molecule has 0 saturated carbocycles. The van der Waals surface area contributed by atoms with Crippen LogP contribution in [-0.4, -0.2) is 43.3 Å². The molecule has 0 aliphatic carbocycles. The molecule has 0 spiro atoms. The largest absolute Gasteiger partial charge is 0.322 e. The third kappa shape index (κ3) is 4.20. The Labute approximate surface area is 218 Å². The zero-order valence-electron chi connectivity index (χ0n) is 20.5. The third-order valence-electron chi connectivity index (χ3n) is 6.34. The fraction of sp³-hybridized carbons (Fsp3) is 0.103. The number of hydrogen-bond acceptors (Lipinski definition) is 6. The van der Waals surface area contributed by atoms with Gasteiger partial charge in [0.25, 0.3) is 11.8 Å². The van der Waals surface area contributed by atoms with E-state index in [4.69, 9.17) is 4.99 Å². The van der Waals surface area contributed by atoms with Gasteiger partial charge in [0, 0.05) is 41.0 Å². The predicted octanol–water partition coefficient (Wildman–Crippen LogP) is 3.90. The van der Waals surface area contributed by atoms with Crippen molar-refractivity contribution in [2.45, 2.75) is 19.5 Å². The summed E-state index contributed by atoms with van der Waals surface area (Å²) in [7, 11) is 0. The summed E-state index contributed by atoms with van der Waals surface area (Å²) in [5, 5.41) is 10.3. The molecule has 2 N–H and O–H groups in total. The number of nitrogens with one attached hydrogen (secondary N) is 2. The maximum Gasteiger partial charge on any atom is 0.269 e. The van der Waals surface area contributed by atoms with Crippen molar-refractivity contribution >= 4 is 28.9 Å². The van der Waals surface area contributed by atoms with Crippen molar-refractivity contribution in [1.29, 1.82) is 0 Å². The molecule has 2 aromatic carbocycles. The molecule has 1 aliphatic rings. The minimum atomic E-state index is -1.18. The second-order valence-corrected chi connectivity index (χ2v) is 8.76.